The molecule has 1 unspecified atom stereocenters. The molecule has 9 heteroatoms. The Balaban J connectivity index is 1.34. The van der Waals surface area contributed by atoms with Crippen molar-refractivity contribution >= 4 is 50.2 Å². The molecule has 1 atom stereocenters. The molecule has 5 rings (SSSR count). The van der Waals surface area contributed by atoms with E-state index in [0.29, 0.717) is 5.82 Å². The highest BCUT2D eigenvalue weighted by Gasteiger charge is 2.23. The first-order valence-electron chi connectivity index (χ1n) is 10.7. The van der Waals surface area contributed by atoms with Crippen LogP contribution >= 0.6 is 23.1 Å². The van der Waals surface area contributed by atoms with Crippen LogP contribution in [0.4, 0.5) is 5.82 Å². The second-order valence-corrected chi connectivity index (χ2v) is 9.80. The van der Waals surface area contributed by atoms with E-state index in [-0.39, 0.29) is 5.37 Å². The number of rotatable bonds is 9. The largest absolute Gasteiger partial charge is 0.382 e. The fourth-order valence-corrected chi connectivity index (χ4v) is 5.80. The molecule has 4 aromatic heterocycles. The van der Waals surface area contributed by atoms with Gasteiger partial charge >= 0.3 is 0 Å². The molecule has 1 aliphatic heterocycles. The molecule has 0 spiro atoms. The maximum Gasteiger partial charge on any atom is 0.152 e. The third-order valence-corrected chi connectivity index (χ3v) is 7.45. The van der Waals surface area contributed by atoms with Crippen molar-refractivity contribution in [3.05, 3.63) is 52.4 Å². The number of H-pyrrole nitrogens is 1. The summed E-state index contributed by atoms with van der Waals surface area (Å²) in [7, 11) is 0. The van der Waals surface area contributed by atoms with Crippen LogP contribution < -0.4 is 16.4 Å². The van der Waals surface area contributed by atoms with Crippen LogP contribution in [0.5, 0.6) is 0 Å². The van der Waals surface area contributed by atoms with Gasteiger partial charge in [-0.15, -0.1) is 23.1 Å². The summed E-state index contributed by atoms with van der Waals surface area (Å²) < 4.78 is 3.54. The summed E-state index contributed by atoms with van der Waals surface area (Å²) in [5, 5.41) is 11.8. The summed E-state index contributed by atoms with van der Waals surface area (Å²) in [5.41, 5.74) is 11.7. The van der Waals surface area contributed by atoms with Crippen molar-refractivity contribution in [1.82, 2.24) is 30.2 Å². The van der Waals surface area contributed by atoms with Crippen LogP contribution in [-0.2, 0) is 19.5 Å². The number of unbranched alkanes of at least 4 members (excludes halogenated alkanes) is 1. The molecular formula is C22H27N7S2. The molecule has 162 valence electrons. The van der Waals surface area contributed by atoms with Crippen molar-refractivity contribution in [3.8, 4) is 0 Å². The summed E-state index contributed by atoms with van der Waals surface area (Å²) >= 11 is 3.55. The van der Waals surface area contributed by atoms with E-state index in [2.05, 4.69) is 48.9 Å². The third kappa shape index (κ3) is 4.17. The summed E-state index contributed by atoms with van der Waals surface area (Å²) in [6, 6.07) is 4.13. The molecule has 4 aromatic rings. The van der Waals surface area contributed by atoms with Crippen molar-refractivity contribution in [2.45, 2.75) is 44.6 Å². The van der Waals surface area contributed by atoms with Gasteiger partial charge in [-0.2, -0.15) is 0 Å². The van der Waals surface area contributed by atoms with Gasteiger partial charge in [0.25, 0.3) is 0 Å². The minimum Gasteiger partial charge on any atom is -0.382 e. The predicted molar refractivity (Wildman–Crippen MR) is 131 cm³/mol. The molecule has 0 saturated carbocycles. The number of imidazole rings is 1. The molecule has 0 radical (unpaired) electrons. The molecule has 0 amide bonds. The number of nitrogens with one attached hydrogen (secondary N) is 3. The highest BCUT2D eigenvalue weighted by atomic mass is 32.2. The second kappa shape index (κ2) is 8.94. The number of hydrogen-bond donors (Lipinski definition) is 4. The van der Waals surface area contributed by atoms with Gasteiger partial charge in [0, 0.05) is 37.6 Å². The van der Waals surface area contributed by atoms with Crippen LogP contribution in [0.2, 0.25) is 0 Å². The number of aromatic amines is 1. The summed E-state index contributed by atoms with van der Waals surface area (Å²) in [5.74, 6) is 1.63. The molecule has 0 aromatic carbocycles. The lowest BCUT2D eigenvalue weighted by Gasteiger charge is -2.17. The molecule has 7 nitrogen and oxygen atoms in total. The Labute approximate surface area is 189 Å². The van der Waals surface area contributed by atoms with Gasteiger partial charge in [-0.05, 0) is 34.9 Å². The van der Waals surface area contributed by atoms with Gasteiger partial charge < -0.3 is 25.9 Å². The van der Waals surface area contributed by atoms with Crippen molar-refractivity contribution in [3.63, 3.8) is 0 Å². The Morgan fingerprint density at radius 2 is 2.19 bits per heavy atom. The number of thioether (sulfide) groups is 1. The van der Waals surface area contributed by atoms with Gasteiger partial charge in [0.2, 0.25) is 0 Å². The number of nitrogens with two attached hydrogens (primary N) is 1. The van der Waals surface area contributed by atoms with E-state index in [0.717, 1.165) is 61.3 Å². The smallest absolute Gasteiger partial charge is 0.152 e. The monoisotopic (exact) mass is 453 g/mol. The number of pyridine rings is 1. The molecule has 5 N–H and O–H groups in total. The zero-order valence-corrected chi connectivity index (χ0v) is 19.2. The average Bonchev–Trinajstić information content (AvgIpc) is 3.54. The van der Waals surface area contributed by atoms with E-state index in [1.807, 2.05) is 30.2 Å². The third-order valence-electron chi connectivity index (χ3n) is 5.52. The highest BCUT2D eigenvalue weighted by Crippen LogP contribution is 2.34. The normalized spacial score (nSPS) is 16.3. The van der Waals surface area contributed by atoms with Crippen LogP contribution in [-0.4, -0.2) is 31.4 Å². The fraction of sp³-hybridized carbons (Fsp3) is 0.364. The first-order valence-corrected chi connectivity index (χ1v) is 12.5. The Morgan fingerprint density at radius 3 is 3.03 bits per heavy atom. The van der Waals surface area contributed by atoms with Crippen molar-refractivity contribution in [2.75, 3.05) is 12.3 Å². The number of hydrogen-bond acceptors (Lipinski definition) is 7. The van der Waals surface area contributed by atoms with E-state index in [9.17, 15) is 0 Å². The molecule has 0 aliphatic carbocycles. The Morgan fingerprint density at radius 1 is 1.26 bits per heavy atom. The highest BCUT2D eigenvalue weighted by molar-refractivity contribution is 8.02. The molecule has 5 heterocycles. The zero-order valence-electron chi connectivity index (χ0n) is 17.5. The van der Waals surface area contributed by atoms with Crippen molar-refractivity contribution < 1.29 is 0 Å². The number of aromatic nitrogens is 4. The zero-order chi connectivity index (χ0) is 21.2. The standard InChI is InChI=1S/C22H27N7S2/c1-2-3-4-17-28-19-20(21-16(6-8-30-21)27-22(19)23)29(17)12-18-26-15(13-31-18)11-25-10-14-5-7-24-9-14/h5-9,13,18,24-26H,2-4,10-12H2,1H3,(H2,23,27). The van der Waals surface area contributed by atoms with Crippen LogP contribution in [0.15, 0.2) is 41.0 Å². The van der Waals surface area contributed by atoms with Gasteiger partial charge in [0.15, 0.2) is 5.82 Å². The van der Waals surface area contributed by atoms with Gasteiger partial charge in [-0.3, -0.25) is 0 Å². The Kier molecular flexibility index (Phi) is 5.89. The lowest BCUT2D eigenvalue weighted by atomic mass is 10.2. The molecule has 31 heavy (non-hydrogen) atoms. The molecular weight excluding hydrogens is 426 g/mol. The van der Waals surface area contributed by atoms with Crippen molar-refractivity contribution in [2.24, 2.45) is 0 Å². The van der Waals surface area contributed by atoms with Crippen LogP contribution in [0.25, 0.3) is 21.3 Å². The maximum atomic E-state index is 6.29. The minimum absolute atomic E-state index is 0.270. The van der Waals surface area contributed by atoms with E-state index in [1.165, 1.54) is 16.0 Å². The predicted octanol–water partition coefficient (Wildman–Crippen LogP) is 4.19. The Bertz CT molecular complexity index is 1210. The summed E-state index contributed by atoms with van der Waals surface area (Å²) in [6.07, 6.45) is 7.18. The van der Waals surface area contributed by atoms with E-state index in [4.69, 9.17) is 10.7 Å². The van der Waals surface area contributed by atoms with Crippen LogP contribution in [0.3, 0.4) is 0 Å². The SMILES string of the molecule is CCCCc1nc2c(N)nc3ccsc3c2n1CC1NC(CNCc2cc[nH]c2)=CS1. The first kappa shape index (κ1) is 20.4. The molecule has 0 saturated heterocycles. The van der Waals surface area contributed by atoms with Gasteiger partial charge in [-0.1, -0.05) is 13.3 Å². The second-order valence-electron chi connectivity index (χ2n) is 7.81. The minimum atomic E-state index is 0.270. The molecule has 0 fully saturated rings. The number of aryl methyl sites for hydroxylation is 1. The summed E-state index contributed by atoms with van der Waals surface area (Å²) in [4.78, 5) is 12.6. The average molecular weight is 454 g/mol. The van der Waals surface area contributed by atoms with Gasteiger partial charge in [0.1, 0.15) is 11.3 Å². The maximum absolute atomic E-state index is 6.29. The van der Waals surface area contributed by atoms with Crippen molar-refractivity contribution in [1.29, 1.82) is 0 Å². The summed E-state index contributed by atoms with van der Waals surface area (Å²) in [6.45, 7) is 4.74. The fourth-order valence-electron chi connectivity index (χ4n) is 3.98. The topological polar surface area (TPSA) is 96.6 Å². The van der Waals surface area contributed by atoms with Gasteiger partial charge in [0.05, 0.1) is 27.7 Å². The van der Waals surface area contributed by atoms with Gasteiger partial charge in [-0.25, -0.2) is 9.97 Å². The van der Waals surface area contributed by atoms with E-state index in [1.54, 1.807) is 11.3 Å². The number of nitrogen functional groups attached to an aromatic ring is 1. The lowest BCUT2D eigenvalue weighted by molar-refractivity contribution is 0.581. The van der Waals surface area contributed by atoms with E-state index < -0.39 is 0 Å². The first-order chi connectivity index (χ1) is 15.2. The number of anilines is 1. The molecule has 0 bridgehead atoms. The number of nitrogens with zero attached hydrogens (tertiary/aromatic N) is 3. The number of fused-ring (bicyclic) bond motifs is 3. The van der Waals surface area contributed by atoms with Crippen LogP contribution in [0.1, 0.15) is 31.2 Å². The molecule has 1 aliphatic rings. The van der Waals surface area contributed by atoms with E-state index >= 15 is 0 Å². The Hall–Kier alpha value is -2.49. The lowest BCUT2D eigenvalue weighted by Crippen LogP contribution is -2.30. The number of thiophene rings is 1. The van der Waals surface area contributed by atoms with Crippen LogP contribution in [0, 0.1) is 0 Å². The quantitative estimate of drug-likeness (QED) is 0.303.